The number of carbonyl (C=O) groups excluding carboxylic acids is 1. The van der Waals surface area contributed by atoms with Gasteiger partial charge in [0.05, 0.1) is 17.8 Å². The quantitative estimate of drug-likeness (QED) is 0.531. The molecule has 6 nitrogen and oxygen atoms in total. The lowest BCUT2D eigenvalue weighted by atomic mass is 9.87. The molecule has 0 radical (unpaired) electrons. The Morgan fingerprint density at radius 3 is 2.52 bits per heavy atom. The fourth-order valence-corrected chi connectivity index (χ4v) is 2.69. The SMILES string of the molecule is COc1cc(/C=N\NC(=O)COc2ccc(C(C)(C)C)cc2)cc(Br)c1O. The van der Waals surface area contributed by atoms with Crippen LogP contribution in [0.3, 0.4) is 0 Å². The van der Waals surface area contributed by atoms with Crippen molar-refractivity contribution in [2.45, 2.75) is 26.2 Å². The van der Waals surface area contributed by atoms with Crippen molar-refractivity contribution in [3.8, 4) is 17.2 Å². The van der Waals surface area contributed by atoms with E-state index >= 15 is 0 Å². The van der Waals surface area contributed by atoms with Crippen molar-refractivity contribution in [2.75, 3.05) is 13.7 Å². The molecule has 2 N–H and O–H groups in total. The van der Waals surface area contributed by atoms with Gasteiger partial charge in [0.2, 0.25) is 0 Å². The smallest absolute Gasteiger partial charge is 0.277 e. The first kappa shape index (κ1) is 20.8. The van der Waals surface area contributed by atoms with Crippen molar-refractivity contribution in [3.05, 3.63) is 52.0 Å². The third-order valence-electron chi connectivity index (χ3n) is 3.76. The molecule has 0 aliphatic heterocycles. The number of halogens is 1. The van der Waals surface area contributed by atoms with Gasteiger partial charge in [0.25, 0.3) is 5.91 Å². The summed E-state index contributed by atoms with van der Waals surface area (Å²) in [6, 6.07) is 10.9. The van der Waals surface area contributed by atoms with Gasteiger partial charge in [-0.2, -0.15) is 5.10 Å². The third-order valence-corrected chi connectivity index (χ3v) is 4.37. The predicted octanol–water partition coefficient (Wildman–Crippen LogP) is 3.99. The number of hydrazone groups is 1. The second-order valence-electron chi connectivity index (χ2n) is 6.91. The number of nitrogens with one attached hydrogen (secondary N) is 1. The van der Waals surface area contributed by atoms with E-state index in [0.717, 1.165) is 0 Å². The van der Waals surface area contributed by atoms with Gasteiger partial charge in [-0.05, 0) is 56.7 Å². The Bertz CT molecular complexity index is 827. The summed E-state index contributed by atoms with van der Waals surface area (Å²) in [6.45, 7) is 6.26. The Morgan fingerprint density at radius 1 is 1.26 bits per heavy atom. The summed E-state index contributed by atoms with van der Waals surface area (Å²) < 4.78 is 11.0. The van der Waals surface area contributed by atoms with Gasteiger partial charge >= 0.3 is 0 Å². The Balaban J connectivity index is 1.88. The maximum absolute atomic E-state index is 11.9. The van der Waals surface area contributed by atoms with Crippen molar-refractivity contribution in [3.63, 3.8) is 0 Å². The molecule has 2 rings (SSSR count). The molecule has 1 amide bonds. The zero-order chi connectivity index (χ0) is 20.0. The molecule has 2 aromatic carbocycles. The lowest BCUT2D eigenvalue weighted by Crippen LogP contribution is -2.24. The molecule has 7 heteroatoms. The molecule has 2 aromatic rings. The monoisotopic (exact) mass is 434 g/mol. The molecule has 0 bridgehead atoms. The van der Waals surface area contributed by atoms with Crippen LogP contribution in [0.5, 0.6) is 17.2 Å². The van der Waals surface area contributed by atoms with Crippen LogP contribution in [0.1, 0.15) is 31.9 Å². The molecular formula is C20H23BrN2O4. The van der Waals surface area contributed by atoms with Gasteiger partial charge in [-0.1, -0.05) is 32.9 Å². The summed E-state index contributed by atoms with van der Waals surface area (Å²) >= 11 is 3.23. The van der Waals surface area contributed by atoms with Crippen molar-refractivity contribution in [1.82, 2.24) is 5.43 Å². The van der Waals surface area contributed by atoms with E-state index in [4.69, 9.17) is 9.47 Å². The van der Waals surface area contributed by atoms with Gasteiger partial charge in [0.15, 0.2) is 18.1 Å². The second kappa shape index (κ2) is 8.90. The summed E-state index contributed by atoms with van der Waals surface area (Å²) in [5.74, 6) is 0.550. The first-order valence-electron chi connectivity index (χ1n) is 8.32. The van der Waals surface area contributed by atoms with Crippen molar-refractivity contribution in [2.24, 2.45) is 5.10 Å². The fourth-order valence-electron chi connectivity index (χ4n) is 2.24. The maximum Gasteiger partial charge on any atom is 0.277 e. The minimum Gasteiger partial charge on any atom is -0.503 e. The van der Waals surface area contributed by atoms with Gasteiger partial charge in [-0.3, -0.25) is 4.79 Å². The van der Waals surface area contributed by atoms with E-state index < -0.39 is 0 Å². The molecular weight excluding hydrogens is 412 g/mol. The number of phenols is 1. The van der Waals surface area contributed by atoms with Crippen LogP contribution < -0.4 is 14.9 Å². The summed E-state index contributed by atoms with van der Waals surface area (Å²) in [7, 11) is 1.45. The maximum atomic E-state index is 11.9. The number of benzene rings is 2. The van der Waals surface area contributed by atoms with Gasteiger partial charge in [0, 0.05) is 0 Å². The molecule has 0 aliphatic carbocycles. The number of rotatable bonds is 6. The predicted molar refractivity (Wildman–Crippen MR) is 109 cm³/mol. The number of hydrogen-bond donors (Lipinski definition) is 2. The van der Waals surface area contributed by atoms with Gasteiger partial charge < -0.3 is 14.6 Å². The summed E-state index contributed by atoms with van der Waals surface area (Å²) in [4.78, 5) is 11.9. The summed E-state index contributed by atoms with van der Waals surface area (Å²) in [5, 5.41) is 13.7. The molecule has 0 saturated carbocycles. The van der Waals surface area contributed by atoms with E-state index in [9.17, 15) is 9.90 Å². The zero-order valence-corrected chi connectivity index (χ0v) is 17.3. The number of methoxy groups -OCH3 is 1. The fraction of sp³-hybridized carbons (Fsp3) is 0.300. The molecule has 0 fully saturated rings. The van der Waals surface area contributed by atoms with Crippen molar-refractivity contribution in [1.29, 1.82) is 0 Å². The van der Waals surface area contributed by atoms with E-state index in [2.05, 4.69) is 47.2 Å². The van der Waals surface area contributed by atoms with E-state index in [0.29, 0.717) is 21.5 Å². The first-order valence-corrected chi connectivity index (χ1v) is 9.11. The van der Waals surface area contributed by atoms with Crippen LogP contribution in [-0.2, 0) is 10.2 Å². The molecule has 27 heavy (non-hydrogen) atoms. The van der Waals surface area contributed by atoms with Crippen LogP contribution in [0, 0.1) is 0 Å². The lowest BCUT2D eigenvalue weighted by Gasteiger charge is -2.19. The van der Waals surface area contributed by atoms with Crippen LogP contribution in [0.4, 0.5) is 0 Å². The average molecular weight is 435 g/mol. The van der Waals surface area contributed by atoms with Gasteiger partial charge in [-0.15, -0.1) is 0 Å². The minimum atomic E-state index is -0.379. The summed E-state index contributed by atoms with van der Waals surface area (Å²) in [5.41, 5.74) is 4.30. The minimum absolute atomic E-state index is 0.00423. The molecule has 0 spiro atoms. The van der Waals surface area contributed by atoms with E-state index in [1.165, 1.54) is 18.9 Å². The zero-order valence-electron chi connectivity index (χ0n) is 15.7. The number of aromatic hydroxyl groups is 1. The number of nitrogens with zero attached hydrogens (tertiary/aromatic N) is 1. The van der Waals surface area contributed by atoms with Crippen LogP contribution in [-0.4, -0.2) is 30.9 Å². The number of hydrogen-bond acceptors (Lipinski definition) is 5. The number of phenolic OH excluding ortho intramolecular Hbond substituents is 1. The Hall–Kier alpha value is -2.54. The van der Waals surface area contributed by atoms with E-state index in [-0.39, 0.29) is 23.7 Å². The van der Waals surface area contributed by atoms with Gasteiger partial charge in [-0.25, -0.2) is 5.43 Å². The Labute approximate surface area is 167 Å². The number of carbonyl (C=O) groups is 1. The van der Waals surface area contributed by atoms with Crippen LogP contribution in [0.2, 0.25) is 0 Å². The first-order chi connectivity index (χ1) is 12.7. The van der Waals surface area contributed by atoms with Gasteiger partial charge in [0.1, 0.15) is 5.75 Å². The molecule has 0 saturated heterocycles. The molecule has 0 aromatic heterocycles. The topological polar surface area (TPSA) is 80.2 Å². The molecule has 0 atom stereocenters. The Morgan fingerprint density at radius 2 is 1.93 bits per heavy atom. The normalized spacial score (nSPS) is 11.4. The van der Waals surface area contributed by atoms with E-state index in [1.54, 1.807) is 12.1 Å². The molecule has 144 valence electrons. The highest BCUT2D eigenvalue weighted by Gasteiger charge is 2.13. The highest BCUT2D eigenvalue weighted by molar-refractivity contribution is 9.10. The van der Waals surface area contributed by atoms with Crippen LogP contribution in [0.15, 0.2) is 46.0 Å². The van der Waals surface area contributed by atoms with Crippen molar-refractivity contribution >= 4 is 28.1 Å². The number of amides is 1. The number of ether oxygens (including phenoxy) is 2. The highest BCUT2D eigenvalue weighted by Crippen LogP contribution is 2.34. The molecule has 0 unspecified atom stereocenters. The molecule has 0 heterocycles. The third kappa shape index (κ3) is 5.99. The highest BCUT2D eigenvalue weighted by atomic mass is 79.9. The van der Waals surface area contributed by atoms with Crippen LogP contribution in [0.25, 0.3) is 0 Å². The average Bonchev–Trinajstić information content (AvgIpc) is 2.62. The van der Waals surface area contributed by atoms with Crippen LogP contribution >= 0.6 is 15.9 Å². The lowest BCUT2D eigenvalue weighted by molar-refractivity contribution is -0.123. The Kier molecular flexibility index (Phi) is 6.85. The summed E-state index contributed by atoms with van der Waals surface area (Å²) in [6.07, 6.45) is 1.45. The second-order valence-corrected chi connectivity index (χ2v) is 7.76. The standard InChI is InChI=1S/C20H23BrN2O4/c1-20(2,3)14-5-7-15(8-6-14)27-12-18(24)23-22-11-13-9-16(21)19(25)17(10-13)26-4/h5-11,25H,12H2,1-4H3,(H,23,24)/b22-11-. The van der Waals surface area contributed by atoms with E-state index in [1.807, 2.05) is 24.3 Å². The largest absolute Gasteiger partial charge is 0.503 e. The molecule has 0 aliphatic rings. The van der Waals surface area contributed by atoms with Crippen molar-refractivity contribution < 1.29 is 19.4 Å².